The molecule has 2 unspecified atom stereocenters. The molecular weight excluding hydrogens is 851 g/mol. The van der Waals surface area contributed by atoms with Crippen molar-refractivity contribution in [1.82, 2.24) is 9.80 Å². The van der Waals surface area contributed by atoms with E-state index in [1.807, 2.05) is 48.5 Å². The lowest BCUT2D eigenvalue weighted by Crippen LogP contribution is -2.48. The summed E-state index contributed by atoms with van der Waals surface area (Å²) in [5.74, 6) is -1.14. The first kappa shape index (κ1) is 45.9. The lowest BCUT2D eigenvalue weighted by Gasteiger charge is -2.44. The maximum Gasteiger partial charge on any atom is 0.277 e. The van der Waals surface area contributed by atoms with Crippen LogP contribution in [0.4, 0.5) is 8.78 Å². The molecule has 0 amide bonds. The average molecular weight is 891 g/mol. The molecule has 2 saturated heterocycles. The molecule has 0 saturated carbocycles. The highest BCUT2D eigenvalue weighted by Gasteiger charge is 2.41. The van der Waals surface area contributed by atoms with Gasteiger partial charge in [0.1, 0.15) is 17.7 Å². The van der Waals surface area contributed by atoms with E-state index in [0.29, 0.717) is 19.8 Å². The summed E-state index contributed by atoms with van der Waals surface area (Å²) in [6.45, 7) is 6.40. The fourth-order valence-electron chi connectivity index (χ4n) is 6.35. The summed E-state index contributed by atoms with van der Waals surface area (Å²) in [5, 5.41) is 26.0. The first-order valence-electron chi connectivity index (χ1n) is 17.3. The molecule has 2 heterocycles. The second-order valence-electron chi connectivity index (χ2n) is 12.7. The van der Waals surface area contributed by atoms with Crippen molar-refractivity contribution in [2.75, 3.05) is 26.3 Å². The topological polar surface area (TPSA) is 102 Å². The van der Waals surface area contributed by atoms with Gasteiger partial charge in [-0.15, -0.1) is 0 Å². The van der Waals surface area contributed by atoms with Crippen molar-refractivity contribution in [2.45, 2.75) is 58.2 Å². The Balaban J connectivity index is 0.000000222. The molecule has 2 fully saturated rings. The maximum absolute atomic E-state index is 13.5. The van der Waals surface area contributed by atoms with E-state index in [1.165, 1.54) is 35.9 Å². The van der Waals surface area contributed by atoms with Gasteiger partial charge in [0.15, 0.2) is 6.29 Å². The fraction of sp³-hybridized carbons (Fsp3) is 0.350. The number of rotatable bonds is 7. The number of nitriles is 1. The van der Waals surface area contributed by atoms with Gasteiger partial charge in [-0.3, -0.25) is 15.2 Å². The second kappa shape index (κ2) is 21.3. The SMILES string of the molecule is C[C@H](c1ccccc1)N1CCOC(O)[C@H]1c1ccc(F)cc1.C[C@H](c1ccccc1)N1CCOC(OC(=N)C(Cl)(Cl)Cl)[C@H]1c1ccc(F)cc1.N#CC(Cl)(Cl)Cl. The molecule has 0 bridgehead atoms. The van der Waals surface area contributed by atoms with Crippen molar-refractivity contribution in [1.29, 1.82) is 10.7 Å². The van der Waals surface area contributed by atoms with Gasteiger partial charge in [0.25, 0.3) is 7.59 Å². The zero-order valence-electron chi connectivity index (χ0n) is 30.2. The minimum atomic E-state index is -2.00. The molecule has 4 aromatic rings. The summed E-state index contributed by atoms with van der Waals surface area (Å²) in [7, 11) is 0. The van der Waals surface area contributed by atoms with E-state index in [-0.39, 0.29) is 29.8 Å². The molecular formula is C40H40Cl6F2N4O4. The summed E-state index contributed by atoms with van der Waals surface area (Å²) < 4.78 is 39.7. The van der Waals surface area contributed by atoms with E-state index in [2.05, 4.69) is 35.8 Å². The number of alkyl halides is 6. The van der Waals surface area contributed by atoms with Gasteiger partial charge in [-0.05, 0) is 60.4 Å². The minimum absolute atomic E-state index is 0.0215. The third-order valence-electron chi connectivity index (χ3n) is 9.11. The Hall–Kier alpha value is -2.76. The van der Waals surface area contributed by atoms with Crippen LogP contribution in [0.5, 0.6) is 0 Å². The molecule has 6 rings (SSSR count). The molecule has 0 aliphatic carbocycles. The Bertz CT molecular complexity index is 1850. The normalized spacial score (nSPS) is 21.5. The van der Waals surface area contributed by atoms with Crippen molar-refractivity contribution >= 4 is 75.5 Å². The molecule has 4 aromatic carbocycles. The Morgan fingerprint density at radius 3 is 1.54 bits per heavy atom. The highest BCUT2D eigenvalue weighted by Crippen LogP contribution is 2.39. The van der Waals surface area contributed by atoms with E-state index >= 15 is 0 Å². The van der Waals surface area contributed by atoms with Gasteiger partial charge >= 0.3 is 0 Å². The van der Waals surface area contributed by atoms with Crippen LogP contribution in [0.3, 0.4) is 0 Å². The van der Waals surface area contributed by atoms with E-state index in [0.717, 1.165) is 23.2 Å². The van der Waals surface area contributed by atoms with Crippen molar-refractivity contribution in [3.8, 4) is 6.07 Å². The second-order valence-corrected chi connectivity index (χ2v) is 17.3. The summed E-state index contributed by atoms with van der Waals surface area (Å²) in [4.78, 5) is 4.39. The summed E-state index contributed by atoms with van der Waals surface area (Å²) in [6, 6.07) is 33.4. The lowest BCUT2D eigenvalue weighted by atomic mass is 9.98. The maximum atomic E-state index is 13.5. The number of hydrogen-bond acceptors (Lipinski definition) is 8. The largest absolute Gasteiger partial charge is 0.446 e. The Labute approximate surface area is 355 Å². The van der Waals surface area contributed by atoms with Gasteiger partial charge in [-0.2, -0.15) is 5.26 Å². The third-order valence-corrected chi connectivity index (χ3v) is 9.88. The summed E-state index contributed by atoms with van der Waals surface area (Å²) in [6.07, 6.45) is -1.79. The van der Waals surface area contributed by atoms with Crippen molar-refractivity contribution in [3.05, 3.63) is 143 Å². The smallest absolute Gasteiger partial charge is 0.277 e. The monoisotopic (exact) mass is 888 g/mol. The Kier molecular flexibility index (Phi) is 17.5. The predicted octanol–water partition coefficient (Wildman–Crippen LogP) is 10.8. The molecule has 6 atom stereocenters. The number of nitrogens with zero attached hydrogens (tertiary/aromatic N) is 3. The number of aliphatic hydroxyl groups is 1. The molecule has 2 aliphatic heterocycles. The number of morpholine rings is 2. The van der Waals surface area contributed by atoms with Crippen molar-refractivity contribution in [2.24, 2.45) is 0 Å². The zero-order chi connectivity index (χ0) is 41.0. The zero-order valence-corrected chi connectivity index (χ0v) is 34.8. The number of ether oxygens (including phenoxy) is 3. The average Bonchev–Trinajstić information content (AvgIpc) is 3.18. The van der Waals surface area contributed by atoms with Crippen LogP contribution in [0.15, 0.2) is 109 Å². The van der Waals surface area contributed by atoms with E-state index in [4.69, 9.17) is 94.5 Å². The number of hydrogen-bond donors (Lipinski definition) is 2. The molecule has 300 valence electrons. The highest BCUT2D eigenvalue weighted by molar-refractivity contribution is 6.76. The number of aliphatic hydroxyl groups excluding tert-OH is 1. The van der Waals surface area contributed by atoms with Gasteiger partial charge in [-0.25, -0.2) is 8.78 Å². The molecule has 16 heteroatoms. The van der Waals surface area contributed by atoms with Gasteiger partial charge < -0.3 is 19.3 Å². The van der Waals surface area contributed by atoms with Crippen LogP contribution < -0.4 is 0 Å². The lowest BCUT2D eigenvalue weighted by molar-refractivity contribution is -0.189. The van der Waals surface area contributed by atoms with Crippen LogP contribution in [0.1, 0.15) is 60.3 Å². The van der Waals surface area contributed by atoms with Crippen molar-refractivity contribution < 1.29 is 28.1 Å². The van der Waals surface area contributed by atoms with Crippen LogP contribution in [0, 0.1) is 28.4 Å². The summed E-state index contributed by atoms with van der Waals surface area (Å²) in [5.41, 5.74) is 3.94. The quantitative estimate of drug-likeness (QED) is 0.108. The fourth-order valence-corrected chi connectivity index (χ4v) is 6.49. The van der Waals surface area contributed by atoms with E-state index in [1.54, 1.807) is 24.3 Å². The number of nitrogens with one attached hydrogen (secondary N) is 1. The Morgan fingerprint density at radius 1 is 0.732 bits per heavy atom. The van der Waals surface area contributed by atoms with Gasteiger partial charge in [-0.1, -0.05) is 155 Å². The molecule has 0 radical (unpaired) electrons. The molecule has 2 aliphatic rings. The first-order chi connectivity index (χ1) is 26.5. The number of benzene rings is 4. The van der Waals surface area contributed by atoms with Crippen LogP contribution in [-0.2, 0) is 14.2 Å². The molecule has 2 N–H and O–H groups in total. The van der Waals surface area contributed by atoms with Crippen LogP contribution in [0.2, 0.25) is 0 Å². The number of halogens is 8. The standard InChI is InChI=1S/C20H20Cl3FN2O2.C18H20FNO2.C2Cl3N/c1-13(14-5-3-2-4-6-14)26-11-12-27-18(28-19(25)20(21,22)23)17(26)15-7-9-16(24)10-8-15;1-13(14-5-3-2-4-6-14)20-11-12-22-18(21)17(20)15-7-9-16(19)10-8-15;3-2(4,5)1-6/h2-10,13,17-18,25H,11-12H2,1H3;2-10,13,17-18,21H,11-12H2,1H3;/t2*13-,17-,18?;/m11./s1. The first-order valence-corrected chi connectivity index (χ1v) is 19.6. The molecule has 8 nitrogen and oxygen atoms in total. The van der Waals surface area contributed by atoms with Gasteiger partial charge in [0, 0.05) is 25.2 Å². The molecule has 56 heavy (non-hydrogen) atoms. The van der Waals surface area contributed by atoms with Crippen LogP contribution in [-0.4, -0.2) is 67.3 Å². The molecule has 0 spiro atoms. The molecule has 0 aromatic heterocycles. The van der Waals surface area contributed by atoms with Crippen LogP contribution >= 0.6 is 69.6 Å². The third kappa shape index (κ3) is 13.4. The van der Waals surface area contributed by atoms with E-state index in [9.17, 15) is 13.9 Å². The minimum Gasteiger partial charge on any atom is -0.446 e. The Morgan fingerprint density at radius 2 is 1.12 bits per heavy atom. The van der Waals surface area contributed by atoms with Crippen molar-refractivity contribution in [3.63, 3.8) is 0 Å². The van der Waals surface area contributed by atoms with E-state index < -0.39 is 32.1 Å². The predicted molar refractivity (Wildman–Crippen MR) is 218 cm³/mol. The van der Waals surface area contributed by atoms with Gasteiger partial charge in [0.2, 0.25) is 12.2 Å². The van der Waals surface area contributed by atoms with Crippen LogP contribution in [0.25, 0.3) is 0 Å². The van der Waals surface area contributed by atoms with Gasteiger partial charge in [0.05, 0.1) is 25.3 Å². The highest BCUT2D eigenvalue weighted by atomic mass is 35.6. The summed E-state index contributed by atoms with van der Waals surface area (Å²) >= 11 is 32.0.